The SMILES string of the molecule is Cc1cc(S(C)(=O)=O)c(C)c(S(=O)(=O)NC(CC(C)C)C(=O)O)c1. The third kappa shape index (κ3) is 5.02. The van der Waals surface area contributed by atoms with E-state index in [4.69, 9.17) is 0 Å². The van der Waals surface area contributed by atoms with E-state index in [2.05, 4.69) is 4.72 Å². The molecule has 136 valence electrons. The molecule has 1 rings (SSSR count). The molecule has 0 aliphatic rings. The van der Waals surface area contributed by atoms with Crippen LogP contribution in [-0.2, 0) is 24.7 Å². The summed E-state index contributed by atoms with van der Waals surface area (Å²) >= 11 is 0. The van der Waals surface area contributed by atoms with Gasteiger partial charge in [0.25, 0.3) is 0 Å². The minimum absolute atomic E-state index is 0.0287. The predicted molar refractivity (Wildman–Crippen MR) is 90.2 cm³/mol. The molecular formula is C15H23NO6S2. The highest BCUT2D eigenvalue weighted by atomic mass is 32.2. The molecule has 0 fully saturated rings. The Morgan fingerprint density at radius 3 is 2.04 bits per heavy atom. The van der Waals surface area contributed by atoms with Crippen LogP contribution in [0.2, 0.25) is 0 Å². The van der Waals surface area contributed by atoms with Crippen molar-refractivity contribution in [3.8, 4) is 0 Å². The molecule has 0 heterocycles. The number of nitrogens with one attached hydrogen (secondary N) is 1. The van der Waals surface area contributed by atoms with Crippen molar-refractivity contribution < 1.29 is 26.7 Å². The monoisotopic (exact) mass is 377 g/mol. The molecular weight excluding hydrogens is 354 g/mol. The summed E-state index contributed by atoms with van der Waals surface area (Å²) in [7, 11) is -7.79. The summed E-state index contributed by atoms with van der Waals surface area (Å²) in [5.41, 5.74) is 0.529. The fraction of sp³-hybridized carbons (Fsp3) is 0.533. The van der Waals surface area contributed by atoms with Gasteiger partial charge in [-0.2, -0.15) is 4.72 Å². The van der Waals surface area contributed by atoms with Gasteiger partial charge in [0.15, 0.2) is 9.84 Å². The zero-order valence-electron chi connectivity index (χ0n) is 14.3. The first kappa shape index (κ1) is 20.6. The maximum atomic E-state index is 12.6. The van der Waals surface area contributed by atoms with Gasteiger partial charge in [-0.05, 0) is 49.4 Å². The molecule has 7 nitrogen and oxygen atoms in total. The van der Waals surface area contributed by atoms with Gasteiger partial charge >= 0.3 is 5.97 Å². The Morgan fingerprint density at radius 1 is 1.12 bits per heavy atom. The van der Waals surface area contributed by atoms with E-state index in [1.54, 1.807) is 20.8 Å². The topological polar surface area (TPSA) is 118 Å². The van der Waals surface area contributed by atoms with E-state index in [1.165, 1.54) is 19.1 Å². The number of carboxylic acids is 1. The van der Waals surface area contributed by atoms with Gasteiger partial charge in [0.2, 0.25) is 10.0 Å². The first-order valence-electron chi connectivity index (χ1n) is 7.32. The van der Waals surface area contributed by atoms with Crippen molar-refractivity contribution in [3.63, 3.8) is 0 Å². The van der Waals surface area contributed by atoms with Crippen LogP contribution in [0.5, 0.6) is 0 Å². The Hall–Kier alpha value is -1.45. The number of sulfone groups is 1. The van der Waals surface area contributed by atoms with Crippen molar-refractivity contribution >= 4 is 25.8 Å². The number of aryl methyl sites for hydroxylation is 1. The standard InChI is InChI=1S/C15H23NO6S2/c1-9(2)6-12(15(17)18)16-24(21,22)14-8-10(3)7-13(11(14)4)23(5,19)20/h7-9,12,16H,6H2,1-5H3,(H,17,18). The second kappa shape index (κ2) is 7.20. The molecule has 0 saturated carbocycles. The second-order valence-electron chi connectivity index (χ2n) is 6.30. The molecule has 1 aromatic carbocycles. The number of rotatable bonds is 7. The van der Waals surface area contributed by atoms with E-state index in [9.17, 15) is 26.7 Å². The average molecular weight is 377 g/mol. The van der Waals surface area contributed by atoms with E-state index >= 15 is 0 Å². The molecule has 2 N–H and O–H groups in total. The number of benzene rings is 1. The highest BCUT2D eigenvalue weighted by Gasteiger charge is 2.29. The van der Waals surface area contributed by atoms with Crippen molar-refractivity contribution in [3.05, 3.63) is 23.3 Å². The van der Waals surface area contributed by atoms with Crippen LogP contribution in [0.3, 0.4) is 0 Å². The Morgan fingerprint density at radius 2 is 1.62 bits per heavy atom. The van der Waals surface area contributed by atoms with Gasteiger partial charge in [0, 0.05) is 6.26 Å². The van der Waals surface area contributed by atoms with Gasteiger partial charge in [0.05, 0.1) is 9.79 Å². The minimum Gasteiger partial charge on any atom is -0.480 e. The lowest BCUT2D eigenvalue weighted by molar-refractivity contribution is -0.139. The largest absolute Gasteiger partial charge is 0.480 e. The summed E-state index contributed by atoms with van der Waals surface area (Å²) in [6.45, 7) is 6.53. The average Bonchev–Trinajstić information content (AvgIpc) is 2.37. The van der Waals surface area contributed by atoms with Crippen LogP contribution in [-0.4, -0.2) is 40.2 Å². The lowest BCUT2D eigenvalue weighted by Gasteiger charge is -2.18. The van der Waals surface area contributed by atoms with Gasteiger partial charge in [-0.3, -0.25) is 4.79 Å². The predicted octanol–water partition coefficient (Wildman–Crippen LogP) is 1.48. The zero-order chi connectivity index (χ0) is 18.9. The van der Waals surface area contributed by atoms with Crippen LogP contribution in [0.25, 0.3) is 0 Å². The Balaban J connectivity index is 3.43. The quantitative estimate of drug-likeness (QED) is 0.743. The first-order valence-corrected chi connectivity index (χ1v) is 10.7. The molecule has 0 amide bonds. The molecule has 9 heteroatoms. The summed E-state index contributed by atoms with van der Waals surface area (Å²) in [4.78, 5) is 11.0. The van der Waals surface area contributed by atoms with Crippen molar-refractivity contribution in [2.75, 3.05) is 6.26 Å². The Labute approximate surface area is 143 Å². The van der Waals surface area contributed by atoms with E-state index in [0.717, 1.165) is 6.26 Å². The third-order valence-corrected chi connectivity index (χ3v) is 6.27. The van der Waals surface area contributed by atoms with Gasteiger partial charge in [0.1, 0.15) is 6.04 Å². The molecule has 0 spiro atoms. The van der Waals surface area contributed by atoms with Crippen molar-refractivity contribution in [2.45, 2.75) is 49.9 Å². The van der Waals surface area contributed by atoms with Crippen LogP contribution in [0.15, 0.2) is 21.9 Å². The second-order valence-corrected chi connectivity index (χ2v) is 9.97. The minimum atomic E-state index is -4.18. The molecule has 0 aliphatic carbocycles. The molecule has 1 atom stereocenters. The zero-order valence-corrected chi connectivity index (χ0v) is 16.0. The van der Waals surface area contributed by atoms with E-state index in [1.807, 2.05) is 0 Å². The summed E-state index contributed by atoms with van der Waals surface area (Å²) in [6, 6.07) is 1.45. The fourth-order valence-corrected chi connectivity index (χ4v) is 5.06. The smallest absolute Gasteiger partial charge is 0.321 e. The van der Waals surface area contributed by atoms with Crippen LogP contribution in [0, 0.1) is 19.8 Å². The molecule has 0 aromatic heterocycles. The normalized spacial score (nSPS) is 13.9. The van der Waals surface area contributed by atoms with Crippen LogP contribution in [0.1, 0.15) is 31.4 Å². The number of carboxylic acid groups (broad SMARTS) is 1. The number of hydrogen-bond donors (Lipinski definition) is 2. The van der Waals surface area contributed by atoms with E-state index < -0.39 is 31.9 Å². The molecule has 0 saturated heterocycles. The lowest BCUT2D eigenvalue weighted by Crippen LogP contribution is -2.41. The maximum absolute atomic E-state index is 12.6. The van der Waals surface area contributed by atoms with Gasteiger partial charge < -0.3 is 5.11 Å². The molecule has 0 radical (unpaired) electrons. The fourth-order valence-electron chi connectivity index (χ4n) is 2.38. The van der Waals surface area contributed by atoms with E-state index in [0.29, 0.717) is 5.56 Å². The molecule has 1 unspecified atom stereocenters. The highest BCUT2D eigenvalue weighted by Crippen LogP contribution is 2.25. The summed E-state index contributed by atoms with van der Waals surface area (Å²) in [6.07, 6.45) is 1.12. The van der Waals surface area contributed by atoms with Gasteiger partial charge in [-0.1, -0.05) is 13.8 Å². The summed E-state index contributed by atoms with van der Waals surface area (Å²) in [5.74, 6) is -1.31. The van der Waals surface area contributed by atoms with E-state index in [-0.39, 0.29) is 27.7 Å². The number of sulfonamides is 1. The van der Waals surface area contributed by atoms with Crippen molar-refractivity contribution in [2.24, 2.45) is 5.92 Å². The van der Waals surface area contributed by atoms with Crippen LogP contribution < -0.4 is 4.72 Å². The van der Waals surface area contributed by atoms with Crippen molar-refractivity contribution in [1.29, 1.82) is 0 Å². The third-order valence-electron chi connectivity index (χ3n) is 3.45. The van der Waals surface area contributed by atoms with Crippen LogP contribution in [0.4, 0.5) is 0 Å². The number of carbonyl (C=O) groups is 1. The Kier molecular flexibility index (Phi) is 6.18. The van der Waals surface area contributed by atoms with Crippen molar-refractivity contribution in [1.82, 2.24) is 4.72 Å². The van der Waals surface area contributed by atoms with Gasteiger partial charge in [-0.25, -0.2) is 16.8 Å². The Bertz CT molecular complexity index is 841. The first-order chi connectivity index (χ1) is 10.8. The number of hydrogen-bond acceptors (Lipinski definition) is 5. The summed E-state index contributed by atoms with van der Waals surface area (Å²) < 4.78 is 51.1. The lowest BCUT2D eigenvalue weighted by atomic mass is 10.1. The molecule has 0 bridgehead atoms. The maximum Gasteiger partial charge on any atom is 0.321 e. The van der Waals surface area contributed by atoms with Gasteiger partial charge in [-0.15, -0.1) is 0 Å². The van der Waals surface area contributed by atoms with Crippen LogP contribution >= 0.6 is 0 Å². The molecule has 0 aliphatic heterocycles. The summed E-state index contributed by atoms with van der Waals surface area (Å²) in [5, 5.41) is 9.22. The number of aliphatic carboxylic acids is 1. The molecule has 24 heavy (non-hydrogen) atoms. The highest BCUT2D eigenvalue weighted by molar-refractivity contribution is 7.91. The molecule has 1 aromatic rings.